The van der Waals surface area contributed by atoms with E-state index in [4.69, 9.17) is 10.2 Å². The minimum absolute atomic E-state index is 0.0365. The molecule has 1 heterocycles. The zero-order valence-electron chi connectivity index (χ0n) is 7.12. The number of carbonyl (C=O) groups is 1. The van der Waals surface area contributed by atoms with Crippen molar-refractivity contribution in [3.05, 3.63) is 24.2 Å². The summed E-state index contributed by atoms with van der Waals surface area (Å²) in [6.07, 6.45) is 4.55. The first-order valence-corrected chi connectivity index (χ1v) is 4.07. The molecule has 0 aromatic carbocycles. The molecule has 0 bridgehead atoms. The molecule has 0 radical (unpaired) electrons. The van der Waals surface area contributed by atoms with E-state index in [1.54, 1.807) is 6.07 Å². The van der Waals surface area contributed by atoms with Gasteiger partial charge in [-0.2, -0.15) is 0 Å². The molecule has 0 aliphatic carbocycles. The van der Waals surface area contributed by atoms with Crippen LogP contribution in [0.2, 0.25) is 0 Å². The molecular weight excluding hydrogens is 154 g/mol. The number of hydrogen-bond acceptors (Lipinski definition) is 3. The molecule has 1 atom stereocenters. The van der Waals surface area contributed by atoms with Crippen molar-refractivity contribution >= 4 is 5.78 Å². The fraction of sp³-hybridized carbons (Fsp3) is 0.444. The topological polar surface area (TPSA) is 56.2 Å². The highest BCUT2D eigenvalue weighted by molar-refractivity contribution is 5.99. The van der Waals surface area contributed by atoms with E-state index in [1.165, 1.54) is 12.5 Å². The van der Waals surface area contributed by atoms with E-state index in [1.807, 2.05) is 6.92 Å². The van der Waals surface area contributed by atoms with Crippen molar-refractivity contribution in [2.45, 2.75) is 25.8 Å². The SMILES string of the molecule is CCCC(N)C(=O)c1ccoc1. The molecule has 66 valence electrons. The monoisotopic (exact) mass is 167 g/mol. The van der Waals surface area contributed by atoms with E-state index >= 15 is 0 Å². The van der Waals surface area contributed by atoms with Crippen molar-refractivity contribution in [3.8, 4) is 0 Å². The smallest absolute Gasteiger partial charge is 0.182 e. The number of Topliss-reactive ketones (excluding diaryl/α,β-unsaturated/α-hetero) is 1. The average molecular weight is 167 g/mol. The summed E-state index contributed by atoms with van der Waals surface area (Å²) in [4.78, 5) is 11.4. The summed E-state index contributed by atoms with van der Waals surface area (Å²) in [5.41, 5.74) is 6.19. The minimum atomic E-state index is -0.382. The van der Waals surface area contributed by atoms with Crippen LogP contribution >= 0.6 is 0 Å². The van der Waals surface area contributed by atoms with Gasteiger partial charge in [0.05, 0.1) is 17.9 Å². The molecule has 1 aromatic rings. The zero-order valence-corrected chi connectivity index (χ0v) is 7.12. The lowest BCUT2D eigenvalue weighted by atomic mass is 10.0. The van der Waals surface area contributed by atoms with Gasteiger partial charge >= 0.3 is 0 Å². The molecule has 1 aromatic heterocycles. The molecule has 0 saturated heterocycles. The third kappa shape index (κ3) is 1.95. The number of carbonyl (C=O) groups excluding carboxylic acids is 1. The van der Waals surface area contributed by atoms with Crippen molar-refractivity contribution in [2.24, 2.45) is 5.73 Å². The summed E-state index contributed by atoms with van der Waals surface area (Å²) < 4.78 is 4.79. The van der Waals surface area contributed by atoms with Gasteiger partial charge in [0.1, 0.15) is 6.26 Å². The number of ketones is 1. The molecule has 12 heavy (non-hydrogen) atoms. The molecule has 0 saturated carbocycles. The van der Waals surface area contributed by atoms with E-state index in [0.29, 0.717) is 5.56 Å². The Balaban J connectivity index is 2.59. The molecule has 3 heteroatoms. The quantitative estimate of drug-likeness (QED) is 0.693. The fourth-order valence-corrected chi connectivity index (χ4v) is 1.06. The van der Waals surface area contributed by atoms with E-state index in [2.05, 4.69) is 0 Å². The predicted molar refractivity (Wildman–Crippen MR) is 45.9 cm³/mol. The second-order valence-electron chi connectivity index (χ2n) is 2.77. The van der Waals surface area contributed by atoms with Crippen LogP contribution in [0.25, 0.3) is 0 Å². The minimum Gasteiger partial charge on any atom is -0.472 e. The largest absolute Gasteiger partial charge is 0.472 e. The van der Waals surface area contributed by atoms with Crippen LogP contribution in [-0.2, 0) is 0 Å². The first-order valence-electron chi connectivity index (χ1n) is 4.07. The first kappa shape index (κ1) is 9.00. The van der Waals surface area contributed by atoms with Crippen LogP contribution in [0.3, 0.4) is 0 Å². The van der Waals surface area contributed by atoms with Gasteiger partial charge in [-0.25, -0.2) is 0 Å². The van der Waals surface area contributed by atoms with E-state index in [0.717, 1.165) is 12.8 Å². The van der Waals surface area contributed by atoms with Crippen LogP contribution in [-0.4, -0.2) is 11.8 Å². The number of rotatable bonds is 4. The van der Waals surface area contributed by atoms with Gasteiger partial charge in [0.25, 0.3) is 0 Å². The first-order chi connectivity index (χ1) is 5.75. The standard InChI is InChI=1S/C9H13NO2/c1-2-3-8(10)9(11)7-4-5-12-6-7/h4-6,8H,2-3,10H2,1H3. The molecule has 0 amide bonds. The molecule has 3 nitrogen and oxygen atoms in total. The van der Waals surface area contributed by atoms with Gasteiger partial charge < -0.3 is 10.2 Å². The maximum atomic E-state index is 11.4. The van der Waals surface area contributed by atoms with Gasteiger partial charge in [-0.3, -0.25) is 4.79 Å². The van der Waals surface area contributed by atoms with Crippen molar-refractivity contribution < 1.29 is 9.21 Å². The highest BCUT2D eigenvalue weighted by Gasteiger charge is 2.14. The van der Waals surface area contributed by atoms with Gasteiger partial charge in [-0.15, -0.1) is 0 Å². The maximum absolute atomic E-state index is 11.4. The Morgan fingerprint density at radius 3 is 3.00 bits per heavy atom. The summed E-state index contributed by atoms with van der Waals surface area (Å²) in [6.45, 7) is 2.00. The van der Waals surface area contributed by atoms with Gasteiger partial charge in [0.2, 0.25) is 0 Å². The summed E-state index contributed by atoms with van der Waals surface area (Å²) in [5, 5.41) is 0. The summed E-state index contributed by atoms with van der Waals surface area (Å²) >= 11 is 0. The Bertz CT molecular complexity index is 241. The summed E-state index contributed by atoms with van der Waals surface area (Å²) in [5.74, 6) is -0.0365. The highest BCUT2D eigenvalue weighted by atomic mass is 16.3. The third-order valence-electron chi connectivity index (χ3n) is 1.74. The Hall–Kier alpha value is -1.09. The molecule has 0 aliphatic rings. The van der Waals surface area contributed by atoms with E-state index in [9.17, 15) is 4.79 Å². The lowest BCUT2D eigenvalue weighted by Gasteiger charge is -2.05. The molecule has 0 fully saturated rings. The van der Waals surface area contributed by atoms with Crippen molar-refractivity contribution in [1.29, 1.82) is 0 Å². The van der Waals surface area contributed by atoms with Crippen LogP contribution in [0.4, 0.5) is 0 Å². The number of furan rings is 1. The third-order valence-corrected chi connectivity index (χ3v) is 1.74. The van der Waals surface area contributed by atoms with Crippen LogP contribution < -0.4 is 5.73 Å². The van der Waals surface area contributed by atoms with Gasteiger partial charge in [0, 0.05) is 0 Å². The zero-order chi connectivity index (χ0) is 8.97. The molecule has 0 aliphatic heterocycles. The molecule has 0 spiro atoms. The second-order valence-corrected chi connectivity index (χ2v) is 2.77. The van der Waals surface area contributed by atoms with Crippen LogP contribution in [0.1, 0.15) is 30.1 Å². The average Bonchev–Trinajstić information content (AvgIpc) is 2.55. The second kappa shape index (κ2) is 4.07. The number of nitrogens with two attached hydrogens (primary N) is 1. The van der Waals surface area contributed by atoms with Crippen molar-refractivity contribution in [1.82, 2.24) is 0 Å². The Labute approximate surface area is 71.6 Å². The van der Waals surface area contributed by atoms with E-state index in [-0.39, 0.29) is 11.8 Å². The Kier molecular flexibility index (Phi) is 3.05. The molecule has 1 unspecified atom stereocenters. The lowest BCUT2D eigenvalue weighted by Crippen LogP contribution is -2.29. The predicted octanol–water partition coefficient (Wildman–Crippen LogP) is 1.59. The van der Waals surface area contributed by atoms with Gasteiger partial charge in [0.15, 0.2) is 5.78 Å². The van der Waals surface area contributed by atoms with Gasteiger partial charge in [-0.05, 0) is 12.5 Å². The Morgan fingerprint density at radius 1 is 1.75 bits per heavy atom. The van der Waals surface area contributed by atoms with Crippen LogP contribution in [0.15, 0.2) is 23.0 Å². The fourth-order valence-electron chi connectivity index (χ4n) is 1.06. The Morgan fingerprint density at radius 2 is 2.50 bits per heavy atom. The normalized spacial score (nSPS) is 12.8. The molecular formula is C9H13NO2. The maximum Gasteiger partial charge on any atom is 0.182 e. The van der Waals surface area contributed by atoms with Gasteiger partial charge in [-0.1, -0.05) is 13.3 Å². The highest BCUT2D eigenvalue weighted by Crippen LogP contribution is 2.06. The summed E-state index contributed by atoms with van der Waals surface area (Å²) in [7, 11) is 0. The van der Waals surface area contributed by atoms with E-state index < -0.39 is 0 Å². The summed E-state index contributed by atoms with van der Waals surface area (Å²) in [6, 6.07) is 1.25. The van der Waals surface area contributed by atoms with Crippen molar-refractivity contribution in [3.63, 3.8) is 0 Å². The molecule has 1 rings (SSSR count). The lowest BCUT2D eigenvalue weighted by molar-refractivity contribution is 0.0956. The van der Waals surface area contributed by atoms with Crippen LogP contribution in [0, 0.1) is 0 Å². The van der Waals surface area contributed by atoms with Crippen molar-refractivity contribution in [2.75, 3.05) is 0 Å². The number of hydrogen-bond donors (Lipinski definition) is 1. The van der Waals surface area contributed by atoms with Crippen LogP contribution in [0.5, 0.6) is 0 Å². The molecule has 2 N–H and O–H groups in total.